The molecule has 17 heavy (non-hydrogen) atoms. The van der Waals surface area contributed by atoms with Crippen molar-refractivity contribution in [1.29, 1.82) is 0 Å². The lowest BCUT2D eigenvalue weighted by atomic mass is 9.77. The fourth-order valence-corrected chi connectivity index (χ4v) is 2.16. The molecule has 0 aliphatic heterocycles. The number of aryl methyl sites for hydroxylation is 1. The highest BCUT2D eigenvalue weighted by molar-refractivity contribution is 5.75. The second-order valence-corrected chi connectivity index (χ2v) is 4.64. The average molecular weight is 234 g/mol. The molecule has 0 aromatic heterocycles. The molecule has 0 spiro atoms. The fraction of sp³-hybridized carbons (Fsp3) is 0.533. The van der Waals surface area contributed by atoms with Crippen molar-refractivity contribution in [3.63, 3.8) is 0 Å². The van der Waals surface area contributed by atoms with Gasteiger partial charge in [0.2, 0.25) is 0 Å². The molecule has 0 aliphatic rings. The fourth-order valence-electron chi connectivity index (χ4n) is 2.16. The van der Waals surface area contributed by atoms with E-state index < -0.39 is 11.4 Å². The lowest BCUT2D eigenvalue weighted by molar-refractivity contribution is -0.149. The Labute approximate surface area is 104 Å². The van der Waals surface area contributed by atoms with E-state index in [1.165, 1.54) is 5.56 Å². The molecule has 0 saturated carbocycles. The Bertz CT molecular complexity index is 361. The molecule has 2 heteroatoms. The van der Waals surface area contributed by atoms with Crippen molar-refractivity contribution in [2.75, 3.05) is 0 Å². The van der Waals surface area contributed by atoms with Crippen molar-refractivity contribution in [2.45, 2.75) is 46.5 Å². The number of hydrogen-bond donors (Lipinski definition) is 1. The highest BCUT2D eigenvalue weighted by atomic mass is 16.4. The molecule has 0 saturated heterocycles. The van der Waals surface area contributed by atoms with Crippen LogP contribution in [0.2, 0.25) is 0 Å². The first-order chi connectivity index (χ1) is 8.07. The standard InChI is InChI=1S/C15H22O2/c1-4-12-7-9-13(10-8-12)11-15(5-2,6-3)14(16)17/h7-10H,4-6,11H2,1-3H3,(H,16,17). The molecule has 1 aromatic carbocycles. The van der Waals surface area contributed by atoms with Crippen LogP contribution < -0.4 is 0 Å². The van der Waals surface area contributed by atoms with Crippen molar-refractivity contribution in [2.24, 2.45) is 5.41 Å². The van der Waals surface area contributed by atoms with Gasteiger partial charge < -0.3 is 5.11 Å². The lowest BCUT2D eigenvalue weighted by Crippen LogP contribution is -2.32. The van der Waals surface area contributed by atoms with E-state index in [-0.39, 0.29) is 0 Å². The van der Waals surface area contributed by atoms with Gasteiger partial charge in [-0.2, -0.15) is 0 Å². The van der Waals surface area contributed by atoms with Gasteiger partial charge >= 0.3 is 5.97 Å². The molecule has 0 aliphatic carbocycles. The second-order valence-electron chi connectivity index (χ2n) is 4.64. The van der Waals surface area contributed by atoms with E-state index in [0.717, 1.165) is 12.0 Å². The number of aliphatic carboxylic acids is 1. The Morgan fingerprint density at radius 1 is 1.06 bits per heavy atom. The number of carbonyl (C=O) groups is 1. The van der Waals surface area contributed by atoms with Gasteiger partial charge in [-0.25, -0.2) is 0 Å². The summed E-state index contributed by atoms with van der Waals surface area (Å²) in [5, 5.41) is 9.39. The summed E-state index contributed by atoms with van der Waals surface area (Å²) in [6.45, 7) is 6.03. The number of benzene rings is 1. The number of rotatable bonds is 6. The van der Waals surface area contributed by atoms with Crippen molar-refractivity contribution in [3.8, 4) is 0 Å². The van der Waals surface area contributed by atoms with Crippen molar-refractivity contribution < 1.29 is 9.90 Å². The quantitative estimate of drug-likeness (QED) is 0.815. The Balaban J connectivity index is 2.89. The smallest absolute Gasteiger partial charge is 0.309 e. The zero-order chi connectivity index (χ0) is 12.9. The molecule has 94 valence electrons. The largest absolute Gasteiger partial charge is 0.481 e. The Hall–Kier alpha value is -1.31. The molecule has 1 rings (SSSR count). The van der Waals surface area contributed by atoms with Crippen molar-refractivity contribution >= 4 is 5.97 Å². The molecule has 0 radical (unpaired) electrons. The molecule has 1 aromatic rings. The zero-order valence-electron chi connectivity index (χ0n) is 11.0. The molecular formula is C15H22O2. The molecule has 0 unspecified atom stereocenters. The minimum atomic E-state index is -0.679. The molecule has 0 atom stereocenters. The van der Waals surface area contributed by atoms with Gasteiger partial charge in [-0.1, -0.05) is 45.0 Å². The van der Waals surface area contributed by atoms with E-state index in [1.807, 2.05) is 13.8 Å². The summed E-state index contributed by atoms with van der Waals surface area (Å²) < 4.78 is 0. The van der Waals surface area contributed by atoms with E-state index in [2.05, 4.69) is 31.2 Å². The van der Waals surface area contributed by atoms with E-state index >= 15 is 0 Å². The summed E-state index contributed by atoms with van der Waals surface area (Å²) in [6.07, 6.45) is 2.99. The Kier molecular flexibility index (Phi) is 4.73. The summed E-state index contributed by atoms with van der Waals surface area (Å²) in [7, 11) is 0. The van der Waals surface area contributed by atoms with Crippen LogP contribution >= 0.6 is 0 Å². The number of carboxylic acids is 1. The molecule has 0 bridgehead atoms. The maximum Gasteiger partial charge on any atom is 0.309 e. The first-order valence-corrected chi connectivity index (χ1v) is 6.39. The van der Waals surface area contributed by atoms with E-state index in [9.17, 15) is 9.90 Å². The van der Waals surface area contributed by atoms with Crippen LogP contribution in [0.25, 0.3) is 0 Å². The summed E-state index contributed by atoms with van der Waals surface area (Å²) in [6, 6.07) is 8.30. The molecule has 0 fully saturated rings. The van der Waals surface area contributed by atoms with Gasteiger partial charge in [0.05, 0.1) is 5.41 Å². The van der Waals surface area contributed by atoms with Crippen LogP contribution in [0.5, 0.6) is 0 Å². The van der Waals surface area contributed by atoms with Crippen molar-refractivity contribution in [1.82, 2.24) is 0 Å². The van der Waals surface area contributed by atoms with Crippen molar-refractivity contribution in [3.05, 3.63) is 35.4 Å². The van der Waals surface area contributed by atoms with Crippen LogP contribution in [0, 0.1) is 5.41 Å². The van der Waals surface area contributed by atoms with E-state index in [0.29, 0.717) is 19.3 Å². The zero-order valence-corrected chi connectivity index (χ0v) is 11.0. The third-order valence-corrected chi connectivity index (χ3v) is 3.78. The topological polar surface area (TPSA) is 37.3 Å². The average Bonchev–Trinajstić information content (AvgIpc) is 2.36. The third-order valence-electron chi connectivity index (χ3n) is 3.78. The van der Waals surface area contributed by atoms with Gasteiger partial charge in [0.1, 0.15) is 0 Å². The first-order valence-electron chi connectivity index (χ1n) is 6.39. The predicted molar refractivity (Wildman–Crippen MR) is 70.2 cm³/mol. The van der Waals surface area contributed by atoms with Crippen LogP contribution in [-0.2, 0) is 17.6 Å². The molecule has 2 nitrogen and oxygen atoms in total. The SMILES string of the molecule is CCc1ccc(CC(CC)(CC)C(=O)O)cc1. The van der Waals surface area contributed by atoms with Crippen LogP contribution in [0.1, 0.15) is 44.7 Å². The summed E-state index contributed by atoms with van der Waals surface area (Å²) in [5.41, 5.74) is 1.81. The van der Waals surface area contributed by atoms with Gasteiger partial charge in [0, 0.05) is 0 Å². The maximum atomic E-state index is 11.4. The number of carboxylic acid groups (broad SMARTS) is 1. The minimum Gasteiger partial charge on any atom is -0.481 e. The maximum absolute atomic E-state index is 11.4. The Morgan fingerprint density at radius 2 is 1.53 bits per heavy atom. The van der Waals surface area contributed by atoms with Crippen LogP contribution in [-0.4, -0.2) is 11.1 Å². The highest BCUT2D eigenvalue weighted by Gasteiger charge is 2.34. The van der Waals surface area contributed by atoms with E-state index in [1.54, 1.807) is 0 Å². The molecule has 0 heterocycles. The predicted octanol–water partition coefficient (Wildman–Crippen LogP) is 3.68. The first kappa shape index (κ1) is 13.8. The van der Waals surface area contributed by atoms with Gasteiger partial charge in [-0.05, 0) is 36.8 Å². The van der Waals surface area contributed by atoms with Gasteiger partial charge in [0.15, 0.2) is 0 Å². The second kappa shape index (κ2) is 5.85. The normalized spacial score (nSPS) is 11.5. The lowest BCUT2D eigenvalue weighted by Gasteiger charge is -2.26. The summed E-state index contributed by atoms with van der Waals surface area (Å²) >= 11 is 0. The van der Waals surface area contributed by atoms with Gasteiger partial charge in [-0.15, -0.1) is 0 Å². The third kappa shape index (κ3) is 3.09. The minimum absolute atomic E-state index is 0.603. The van der Waals surface area contributed by atoms with Gasteiger partial charge in [0.25, 0.3) is 0 Å². The Morgan fingerprint density at radius 3 is 1.88 bits per heavy atom. The monoisotopic (exact) mass is 234 g/mol. The van der Waals surface area contributed by atoms with Crippen LogP contribution in [0.3, 0.4) is 0 Å². The van der Waals surface area contributed by atoms with Crippen LogP contribution in [0.15, 0.2) is 24.3 Å². The molecule has 0 amide bonds. The molecular weight excluding hydrogens is 212 g/mol. The van der Waals surface area contributed by atoms with Gasteiger partial charge in [-0.3, -0.25) is 4.79 Å². The van der Waals surface area contributed by atoms with Crippen LogP contribution in [0.4, 0.5) is 0 Å². The summed E-state index contributed by atoms with van der Waals surface area (Å²) in [4.78, 5) is 11.4. The molecule has 1 N–H and O–H groups in total. The summed E-state index contributed by atoms with van der Waals surface area (Å²) in [5.74, 6) is -0.679. The number of hydrogen-bond acceptors (Lipinski definition) is 1. The van der Waals surface area contributed by atoms with E-state index in [4.69, 9.17) is 0 Å². The highest BCUT2D eigenvalue weighted by Crippen LogP contribution is 2.31.